The fourth-order valence-corrected chi connectivity index (χ4v) is 15.4. The molecule has 5 saturated heterocycles. The van der Waals surface area contributed by atoms with Gasteiger partial charge >= 0.3 is 54.6 Å². The number of thiophene rings is 1. The van der Waals surface area contributed by atoms with Crippen molar-refractivity contribution < 1.29 is 128 Å². The zero-order chi connectivity index (χ0) is 113. The first-order valence-electron chi connectivity index (χ1n) is 50.7. The lowest BCUT2D eigenvalue weighted by Gasteiger charge is -2.36. The van der Waals surface area contributed by atoms with Gasteiger partial charge in [0.2, 0.25) is 0 Å². The summed E-state index contributed by atoms with van der Waals surface area (Å²) in [7, 11) is 6.80. The van der Waals surface area contributed by atoms with Gasteiger partial charge in [-0.2, -0.15) is 24.5 Å². The van der Waals surface area contributed by atoms with Crippen LogP contribution >= 0.6 is 11.3 Å². The zero-order valence-corrected chi connectivity index (χ0v) is 94.2. The summed E-state index contributed by atoms with van der Waals surface area (Å²) >= 11 is 1.49. The highest BCUT2D eigenvalue weighted by Crippen LogP contribution is 2.27. The number of Topliss-reactive ketones (excluding diaryl/α,β-unsaturated/α-hetero) is 8. The summed E-state index contributed by atoms with van der Waals surface area (Å²) in [4.78, 5) is 204. The number of nitrogens with zero attached hydrogens (tertiary/aromatic N) is 7. The number of likely N-dealkylation sites (tertiary alicyclic amines) is 2. The predicted molar refractivity (Wildman–Crippen MR) is 558 cm³/mol. The Morgan fingerprint density at radius 1 is 0.365 bits per heavy atom. The number of ketones is 8. The monoisotopic (exact) mass is 2120 g/mol. The first-order chi connectivity index (χ1) is 69.0. The van der Waals surface area contributed by atoms with Gasteiger partial charge in [0.05, 0.1) is 77.1 Å². The van der Waals surface area contributed by atoms with Crippen molar-refractivity contribution >= 4 is 106 Å². The highest BCUT2D eigenvalue weighted by atomic mass is 32.1. The number of aromatic nitrogens is 1. The van der Waals surface area contributed by atoms with Crippen LogP contribution in [0, 0.1) is 58.7 Å². The molecule has 43 heteroatoms. The molecule has 840 valence electrons. The van der Waals surface area contributed by atoms with Crippen molar-refractivity contribution in [2.24, 2.45) is 58.7 Å². The number of hydrogen-bond acceptors (Lipinski definition) is 27. The Kier molecular flexibility index (Phi) is 62.1. The van der Waals surface area contributed by atoms with Crippen LogP contribution in [-0.4, -0.2) is 324 Å². The average molecular weight is 2120 g/mol. The molecule has 13 amide bonds. The van der Waals surface area contributed by atoms with Crippen LogP contribution in [0.15, 0.2) is 71.7 Å². The topological polar surface area (TPSA) is 476 Å². The molecule has 8 N–H and O–H groups in total. The number of benzene rings is 1. The summed E-state index contributed by atoms with van der Waals surface area (Å²) in [5.41, 5.74) is 1.29. The molecule has 148 heavy (non-hydrogen) atoms. The third kappa shape index (κ3) is 50.2. The minimum Gasteiger partial charge on any atom is -0.453 e. The van der Waals surface area contributed by atoms with E-state index in [1.54, 1.807) is 114 Å². The fourth-order valence-electron chi connectivity index (χ4n) is 14.8. The quantitative estimate of drug-likeness (QED) is 0.0254. The molecule has 5 aliphatic rings. The highest BCUT2D eigenvalue weighted by molar-refractivity contribution is 7.08. The SMILES string of the molecule is CC(C)C(=O)[C@@H](NC(=O)N1CCCC1)C(C)C.CC(C)C(=O)[C@@H](NC(=O)N1CCOC1)C(C)C.CC(C)C(=O)[C@H](NC(=O)N1CCOC1)c1ccccc1.COC(=O)N[C@@H](C(=O)C(C)C)c1cccnc1.COC(=O)N[C@@H](C(=O)C(C)C)c1ccsc1.COC(=O)N[C@H](C(=O)C(C)(C)C)[C@@H](C)OC(C)(C)C.CO[C@H](C)[C@H](NC(=O)N1CCCC1)C(=O)C(C)C.CO[C@H](C)[C@H](NC(=O)N1CCN(CC(F)(F)F)CC1)C(=O)C(C)C. The molecular weight excluding hydrogens is 1940 g/mol. The van der Waals surface area contributed by atoms with Crippen molar-refractivity contribution in [1.29, 1.82) is 0 Å². The maximum Gasteiger partial charge on any atom is 0.407 e. The molecule has 1 aromatic carbocycles. The normalized spacial score (nSPS) is 16.4. The van der Waals surface area contributed by atoms with Crippen LogP contribution in [0.3, 0.4) is 0 Å². The van der Waals surface area contributed by atoms with Gasteiger partial charge in [-0.15, -0.1) is 0 Å². The molecule has 8 rings (SSSR count). The number of carbonyl (C=O) groups excluding carboxylic acids is 16. The third-order valence-corrected chi connectivity index (χ3v) is 24.5. The number of amides is 13. The van der Waals surface area contributed by atoms with E-state index in [0.717, 1.165) is 63.0 Å². The fraction of sp³-hybridized carbons (Fsp3) is 0.705. The minimum atomic E-state index is -4.24. The number of alkyl halides is 3. The summed E-state index contributed by atoms with van der Waals surface area (Å²) in [6.07, 6.45) is 0.0340. The number of alkyl carbamates (subject to hydrolysis) is 3. The molecular formula is C105H174F3N15O24S. The number of rotatable bonds is 35. The van der Waals surface area contributed by atoms with Crippen LogP contribution in [0.2, 0.25) is 0 Å². The molecule has 11 atom stereocenters. The van der Waals surface area contributed by atoms with Crippen LogP contribution < -0.4 is 42.5 Å². The van der Waals surface area contributed by atoms with E-state index in [0.29, 0.717) is 38.6 Å². The third-order valence-electron chi connectivity index (χ3n) is 23.8. The van der Waals surface area contributed by atoms with Crippen molar-refractivity contribution in [2.45, 2.75) is 291 Å². The van der Waals surface area contributed by atoms with E-state index in [9.17, 15) is 89.9 Å². The van der Waals surface area contributed by atoms with Crippen molar-refractivity contribution in [3.63, 3.8) is 0 Å². The van der Waals surface area contributed by atoms with Crippen LogP contribution in [0.1, 0.15) is 247 Å². The lowest BCUT2D eigenvalue weighted by Crippen LogP contribution is -2.58. The first kappa shape index (κ1) is 135. The van der Waals surface area contributed by atoms with E-state index >= 15 is 0 Å². The van der Waals surface area contributed by atoms with Gasteiger partial charge in [0.25, 0.3) is 0 Å². The van der Waals surface area contributed by atoms with Gasteiger partial charge in [0.15, 0.2) is 46.3 Å². The molecule has 0 aliphatic carbocycles. The number of pyridine rings is 1. The number of piperazine rings is 1. The van der Waals surface area contributed by atoms with Crippen molar-refractivity contribution in [1.82, 2.24) is 76.9 Å². The van der Waals surface area contributed by atoms with Gasteiger partial charge in [-0.25, -0.2) is 38.4 Å². The number of urea groups is 5. The molecule has 2 aromatic heterocycles. The number of methoxy groups -OCH3 is 5. The number of ether oxygens (including phenoxy) is 8. The van der Waals surface area contributed by atoms with E-state index in [2.05, 4.69) is 61.7 Å². The summed E-state index contributed by atoms with van der Waals surface area (Å²) in [6.45, 7) is 55.4. The van der Waals surface area contributed by atoms with Crippen LogP contribution in [0.25, 0.3) is 0 Å². The van der Waals surface area contributed by atoms with E-state index in [4.69, 9.17) is 23.7 Å². The maximum atomic E-state index is 12.4. The van der Waals surface area contributed by atoms with Crippen LogP contribution in [0.4, 0.5) is 51.5 Å². The summed E-state index contributed by atoms with van der Waals surface area (Å²) in [6, 6.07) is 8.65. The second-order valence-electron chi connectivity index (χ2n) is 41.3. The molecule has 0 saturated carbocycles. The Morgan fingerprint density at radius 2 is 0.696 bits per heavy atom. The minimum absolute atomic E-state index is 0.00432. The standard InChI is InChI=1S/C15H26F3N3O3.C15H20N2O3.C14H27NO4.C13H24N2O3.C13H24N2O2.C12H22N2O3.C12H16N2O3.C11H15NO3S/c1-10(2)13(22)12(11(3)24-4)19-14(23)21-7-5-20(6-8-21)9-15(16,17)18;1-11(2)14(18)13(12-6-4-3-5-7-12)16-15(19)17-8-9-20-10-17;1-9(19-14(5,6)7)10(15-12(17)18-8)11(16)13(2,3)4;1-9(2)12(16)11(10(3)18-4)14-13(17)15-7-5-6-8-15;1-9(2)11(12(16)10(3)4)14-13(17)15-7-5-6-8-15;1-8(2)10(11(15)9(3)4)13-12(16)14-5-6-17-7-14;1-8(2)11(15)10(14-12(16)17-3)9-5-4-6-13-7-9;1-7(2)10(13)9(12-11(14)15-3)8-4-5-16-6-8/h10-12H,5-9H2,1-4H3,(H,19,23);3-7,11,13H,8-10H2,1-2H3,(H,16,19);9-10H,1-8H3,(H,15,17);9-11H,5-8H2,1-4H3,(H,14,17);9-11H,5-8H2,1-4H3,(H,14,17);8-10H,5-7H2,1-4H3,(H,13,16);4-8,10H,1-3H3,(H,14,16);4-7,9H,1-3H3,(H,12,14)/t11-,12+;13-;9-,10+;10-,11+;11-;2*10-;9-/m11110011/s1. The Morgan fingerprint density at radius 3 is 1.00 bits per heavy atom. The van der Waals surface area contributed by atoms with Gasteiger partial charge < -0.3 is 95.1 Å². The number of hydrogen-bond donors (Lipinski definition) is 8. The molecule has 7 heterocycles. The Hall–Kier alpha value is -10.9. The zero-order valence-electron chi connectivity index (χ0n) is 93.4. The van der Waals surface area contributed by atoms with Gasteiger partial charge in [0.1, 0.15) is 49.7 Å². The van der Waals surface area contributed by atoms with Crippen molar-refractivity contribution in [3.05, 3.63) is 88.4 Å². The van der Waals surface area contributed by atoms with Gasteiger partial charge in [-0.1, -0.05) is 182 Å². The molecule has 39 nitrogen and oxygen atoms in total. The summed E-state index contributed by atoms with van der Waals surface area (Å²) in [5.74, 6) is -0.858. The maximum absolute atomic E-state index is 12.4. The second-order valence-corrected chi connectivity index (χ2v) is 42.1. The number of carbonyl (C=O) groups is 16. The predicted octanol–water partition coefficient (Wildman–Crippen LogP) is 14.8. The molecule has 0 bridgehead atoms. The van der Waals surface area contributed by atoms with Gasteiger partial charge in [-0.05, 0) is 113 Å². The summed E-state index contributed by atoms with van der Waals surface area (Å²) < 4.78 is 77.1. The van der Waals surface area contributed by atoms with Crippen molar-refractivity contribution in [2.75, 3.05) is 134 Å². The first-order valence-corrected chi connectivity index (χ1v) is 51.7. The van der Waals surface area contributed by atoms with E-state index in [1.165, 1.54) is 49.6 Å². The average Bonchev–Trinajstić information content (AvgIpc) is 1.19. The van der Waals surface area contributed by atoms with E-state index < -0.39 is 103 Å². The number of nitrogens with one attached hydrogen (secondary N) is 8. The highest BCUT2D eigenvalue weighted by Gasteiger charge is 2.41. The molecule has 5 aliphatic heterocycles. The Labute approximate surface area is 878 Å². The number of halogens is 3. The Balaban J connectivity index is 0.000000848. The van der Waals surface area contributed by atoms with Crippen LogP contribution in [0.5, 0.6) is 0 Å². The Bertz CT molecular complexity index is 4470. The molecule has 0 radical (unpaired) electrons. The smallest absolute Gasteiger partial charge is 0.407 e. The lowest BCUT2D eigenvalue weighted by molar-refractivity contribution is -0.148. The largest absolute Gasteiger partial charge is 0.453 e. The van der Waals surface area contributed by atoms with Gasteiger partial charge in [0, 0.05) is 144 Å². The molecule has 5 fully saturated rings. The molecule has 0 unspecified atom stereocenters. The van der Waals surface area contributed by atoms with E-state index in [1.807, 2.05) is 172 Å². The summed E-state index contributed by atoms with van der Waals surface area (Å²) in [5, 5.41) is 25.3. The van der Waals surface area contributed by atoms with E-state index in [-0.39, 0.29) is 169 Å². The molecule has 0 spiro atoms. The lowest BCUT2D eigenvalue weighted by atomic mass is 9.84. The van der Waals surface area contributed by atoms with Gasteiger partial charge in [-0.3, -0.25) is 58.0 Å². The second kappa shape index (κ2) is 68.1. The molecule has 3 aromatic rings. The van der Waals surface area contributed by atoms with Crippen molar-refractivity contribution in [3.8, 4) is 0 Å². The van der Waals surface area contributed by atoms with Crippen LogP contribution in [-0.2, 0) is 76.3 Å².